The number of urea groups is 1. The molecule has 0 aliphatic rings. The minimum absolute atomic E-state index is 0.0864. The number of rotatable bonds is 8. The molecule has 0 bridgehead atoms. The third-order valence-corrected chi connectivity index (χ3v) is 6.40. The molecule has 196 valence electrons. The van der Waals surface area contributed by atoms with E-state index in [1.807, 2.05) is 107 Å². The van der Waals surface area contributed by atoms with Crippen molar-refractivity contribution in [3.8, 4) is 16.8 Å². The fourth-order valence-electron chi connectivity index (χ4n) is 4.48. The van der Waals surface area contributed by atoms with Crippen molar-refractivity contribution in [1.82, 2.24) is 14.7 Å². The van der Waals surface area contributed by atoms with E-state index in [0.717, 1.165) is 51.3 Å². The highest BCUT2D eigenvalue weighted by molar-refractivity contribution is 5.99. The van der Waals surface area contributed by atoms with Crippen LogP contribution in [0.3, 0.4) is 0 Å². The van der Waals surface area contributed by atoms with E-state index >= 15 is 0 Å². The maximum Gasteiger partial charge on any atom is 0.322 e. The summed E-state index contributed by atoms with van der Waals surface area (Å²) >= 11 is 0. The fraction of sp³-hybridized carbons (Fsp3) is 0.258. The summed E-state index contributed by atoms with van der Waals surface area (Å²) in [5.41, 5.74) is 7.42. The van der Waals surface area contributed by atoms with E-state index in [0.29, 0.717) is 12.4 Å². The molecule has 0 unspecified atom stereocenters. The van der Waals surface area contributed by atoms with Crippen LogP contribution in [-0.2, 0) is 4.79 Å². The Balaban J connectivity index is 1.62. The van der Waals surface area contributed by atoms with Crippen molar-refractivity contribution >= 4 is 23.4 Å². The Kier molecular flexibility index (Phi) is 8.26. The van der Waals surface area contributed by atoms with Gasteiger partial charge in [0, 0.05) is 17.8 Å². The molecule has 3 aromatic carbocycles. The van der Waals surface area contributed by atoms with E-state index in [1.165, 1.54) is 4.90 Å². The molecule has 7 heteroatoms. The van der Waals surface area contributed by atoms with Gasteiger partial charge < -0.3 is 15.5 Å². The summed E-state index contributed by atoms with van der Waals surface area (Å²) in [5, 5.41) is 10.8. The maximum absolute atomic E-state index is 13.4. The quantitative estimate of drug-likeness (QED) is 0.279. The van der Waals surface area contributed by atoms with Crippen molar-refractivity contribution in [2.24, 2.45) is 0 Å². The van der Waals surface area contributed by atoms with Gasteiger partial charge in [-0.2, -0.15) is 5.10 Å². The molecule has 1 heterocycles. The third kappa shape index (κ3) is 6.11. The summed E-state index contributed by atoms with van der Waals surface area (Å²) in [6.45, 7) is 10.3. The summed E-state index contributed by atoms with van der Waals surface area (Å²) in [6.07, 6.45) is 0.725. The monoisotopic (exact) mass is 509 g/mol. The van der Waals surface area contributed by atoms with Crippen molar-refractivity contribution in [3.05, 3.63) is 95.2 Å². The molecular weight excluding hydrogens is 474 g/mol. The Morgan fingerprint density at radius 3 is 2.21 bits per heavy atom. The molecule has 7 nitrogen and oxygen atoms in total. The van der Waals surface area contributed by atoms with Crippen molar-refractivity contribution in [3.63, 3.8) is 0 Å². The first-order valence-corrected chi connectivity index (χ1v) is 12.9. The smallest absolute Gasteiger partial charge is 0.315 e. The predicted octanol–water partition coefficient (Wildman–Crippen LogP) is 6.66. The zero-order valence-corrected chi connectivity index (χ0v) is 22.7. The highest BCUT2D eigenvalue weighted by Gasteiger charge is 2.23. The van der Waals surface area contributed by atoms with Gasteiger partial charge in [0.05, 0.1) is 11.4 Å². The van der Waals surface area contributed by atoms with Crippen LogP contribution >= 0.6 is 0 Å². The number of nitrogens with one attached hydrogen (secondary N) is 2. The molecule has 0 aliphatic heterocycles. The normalized spacial score (nSPS) is 10.8. The number of amides is 3. The molecule has 3 amide bonds. The number of carbonyl (C=O) groups is 2. The van der Waals surface area contributed by atoms with Crippen LogP contribution in [0.25, 0.3) is 16.8 Å². The molecule has 0 atom stereocenters. The largest absolute Gasteiger partial charge is 0.322 e. The molecule has 0 spiro atoms. The van der Waals surface area contributed by atoms with Crippen LogP contribution in [0.4, 0.5) is 16.3 Å². The third-order valence-electron chi connectivity index (χ3n) is 6.40. The van der Waals surface area contributed by atoms with E-state index in [9.17, 15) is 9.59 Å². The number of hydrogen-bond acceptors (Lipinski definition) is 3. The molecule has 0 saturated carbocycles. The Morgan fingerprint density at radius 2 is 1.55 bits per heavy atom. The van der Waals surface area contributed by atoms with Gasteiger partial charge in [0.15, 0.2) is 0 Å². The minimum atomic E-state index is -0.305. The van der Waals surface area contributed by atoms with E-state index < -0.39 is 0 Å². The van der Waals surface area contributed by atoms with Gasteiger partial charge in [-0.3, -0.25) is 4.79 Å². The second-order valence-corrected chi connectivity index (χ2v) is 9.64. The second-order valence-electron chi connectivity index (χ2n) is 9.64. The van der Waals surface area contributed by atoms with Crippen LogP contribution < -0.4 is 10.6 Å². The van der Waals surface area contributed by atoms with Crippen LogP contribution in [-0.4, -0.2) is 39.7 Å². The number of nitrogens with zero attached hydrogens (tertiary/aromatic N) is 3. The van der Waals surface area contributed by atoms with Gasteiger partial charge in [-0.25, -0.2) is 9.48 Å². The Bertz CT molecular complexity index is 1420. The highest BCUT2D eigenvalue weighted by Crippen LogP contribution is 2.33. The first kappa shape index (κ1) is 26.7. The molecular formula is C31H35N5O2. The molecule has 2 N–H and O–H groups in total. The van der Waals surface area contributed by atoms with Gasteiger partial charge in [0.25, 0.3) is 0 Å². The summed E-state index contributed by atoms with van der Waals surface area (Å²) < 4.78 is 1.76. The molecule has 38 heavy (non-hydrogen) atoms. The lowest BCUT2D eigenvalue weighted by Crippen LogP contribution is -2.41. The number of carbonyl (C=O) groups excluding carboxylic acids is 2. The molecule has 0 fully saturated rings. The summed E-state index contributed by atoms with van der Waals surface area (Å²) in [7, 11) is 0. The Morgan fingerprint density at radius 1 is 0.868 bits per heavy atom. The number of aromatic nitrogens is 2. The number of hydrogen-bond donors (Lipinski definition) is 2. The highest BCUT2D eigenvalue weighted by atomic mass is 16.2. The number of anilines is 2. The molecule has 0 saturated heterocycles. The first-order valence-electron chi connectivity index (χ1n) is 12.9. The van der Waals surface area contributed by atoms with Gasteiger partial charge in [-0.05, 0) is 63.4 Å². The van der Waals surface area contributed by atoms with Gasteiger partial charge in [0.2, 0.25) is 5.91 Å². The van der Waals surface area contributed by atoms with Gasteiger partial charge in [-0.1, -0.05) is 72.6 Å². The van der Waals surface area contributed by atoms with Crippen LogP contribution in [0.1, 0.15) is 35.7 Å². The first-order chi connectivity index (χ1) is 18.3. The lowest BCUT2D eigenvalue weighted by atomic mass is 10.1. The fourth-order valence-corrected chi connectivity index (χ4v) is 4.48. The lowest BCUT2D eigenvalue weighted by molar-refractivity contribution is -0.116. The van der Waals surface area contributed by atoms with E-state index in [2.05, 4.69) is 10.6 Å². The second kappa shape index (κ2) is 11.8. The Labute approximate surface area is 224 Å². The van der Waals surface area contributed by atoms with E-state index in [-0.39, 0.29) is 18.5 Å². The predicted molar refractivity (Wildman–Crippen MR) is 154 cm³/mol. The minimum Gasteiger partial charge on any atom is -0.315 e. The average molecular weight is 510 g/mol. The average Bonchev–Trinajstić information content (AvgIpc) is 3.21. The lowest BCUT2D eigenvalue weighted by Gasteiger charge is -2.23. The molecule has 0 radical (unpaired) electrons. The van der Waals surface area contributed by atoms with Crippen molar-refractivity contribution < 1.29 is 9.59 Å². The topological polar surface area (TPSA) is 79.3 Å². The van der Waals surface area contributed by atoms with Gasteiger partial charge in [0.1, 0.15) is 12.4 Å². The molecule has 1 aromatic heterocycles. The summed E-state index contributed by atoms with van der Waals surface area (Å²) in [4.78, 5) is 28.1. The van der Waals surface area contributed by atoms with Crippen LogP contribution in [0.2, 0.25) is 0 Å². The van der Waals surface area contributed by atoms with E-state index in [1.54, 1.807) is 4.68 Å². The van der Waals surface area contributed by atoms with Crippen LogP contribution in [0.5, 0.6) is 0 Å². The van der Waals surface area contributed by atoms with E-state index in [4.69, 9.17) is 5.10 Å². The van der Waals surface area contributed by atoms with Crippen LogP contribution in [0.15, 0.2) is 72.8 Å². The standard InChI is InChI=1S/C31H35N5O2/c1-6-18-35(31(38)32-27-17-14-22(3)19-23(27)4)20-28(37)33-30-29(25-10-8-7-9-11-25)24(5)34-36(30)26-15-12-21(2)13-16-26/h7-17,19H,6,18,20H2,1-5H3,(H,32,38)(H,33,37). The zero-order chi connectivity index (χ0) is 27.2. The van der Waals surface area contributed by atoms with Crippen LogP contribution in [0, 0.1) is 27.7 Å². The van der Waals surface area contributed by atoms with Crippen molar-refractivity contribution in [2.45, 2.75) is 41.0 Å². The Hall–Kier alpha value is -4.39. The summed E-state index contributed by atoms with van der Waals surface area (Å²) in [5.74, 6) is 0.286. The molecule has 0 aliphatic carbocycles. The zero-order valence-electron chi connectivity index (χ0n) is 22.7. The SMILES string of the molecule is CCCN(CC(=O)Nc1c(-c2ccccc2)c(C)nn1-c1ccc(C)cc1)C(=O)Nc1ccc(C)cc1C. The van der Waals surface area contributed by atoms with Crippen molar-refractivity contribution in [2.75, 3.05) is 23.7 Å². The number of aryl methyl sites for hydroxylation is 4. The molecule has 4 aromatic rings. The van der Waals surface area contributed by atoms with Gasteiger partial charge in [-0.15, -0.1) is 0 Å². The molecule has 4 rings (SSSR count). The van der Waals surface area contributed by atoms with Crippen molar-refractivity contribution in [1.29, 1.82) is 0 Å². The summed E-state index contributed by atoms with van der Waals surface area (Å²) in [6, 6.07) is 23.4. The number of benzene rings is 3. The maximum atomic E-state index is 13.4. The van der Waals surface area contributed by atoms with Gasteiger partial charge >= 0.3 is 6.03 Å².